The zero-order chi connectivity index (χ0) is 18.2. The fraction of sp³-hybridized carbons (Fsp3) is 0.235. The Hall–Kier alpha value is -3.03. The molecule has 0 aliphatic rings. The maximum absolute atomic E-state index is 13.7. The highest BCUT2D eigenvalue weighted by atomic mass is 19.1. The first-order valence-electron chi connectivity index (χ1n) is 7.53. The number of benzene rings is 1. The van der Waals surface area contributed by atoms with Crippen LogP contribution in [0, 0.1) is 11.6 Å². The Balaban J connectivity index is 1.98. The van der Waals surface area contributed by atoms with Gasteiger partial charge in [0.15, 0.2) is 11.6 Å². The summed E-state index contributed by atoms with van der Waals surface area (Å²) in [6.45, 7) is 1.72. The number of ether oxygens (including phenoxy) is 1. The average Bonchev–Trinajstić information content (AvgIpc) is 2.56. The number of nitrogens with zero attached hydrogens (tertiary/aromatic N) is 1. The first-order valence-corrected chi connectivity index (χ1v) is 7.53. The topological polar surface area (TPSA) is 80.3 Å². The summed E-state index contributed by atoms with van der Waals surface area (Å²) < 4.78 is 32.0. The number of carbonyl (C=O) groups is 2. The second-order valence-corrected chi connectivity index (χ2v) is 5.15. The second-order valence-electron chi connectivity index (χ2n) is 5.15. The van der Waals surface area contributed by atoms with Crippen molar-refractivity contribution >= 4 is 11.8 Å². The van der Waals surface area contributed by atoms with Crippen LogP contribution in [-0.2, 0) is 16.1 Å². The van der Waals surface area contributed by atoms with Crippen molar-refractivity contribution in [2.24, 2.45) is 0 Å². The Labute approximate surface area is 143 Å². The summed E-state index contributed by atoms with van der Waals surface area (Å²) in [4.78, 5) is 26.5. The lowest BCUT2D eigenvalue weighted by molar-refractivity contribution is -0.121. The van der Waals surface area contributed by atoms with E-state index in [1.807, 2.05) is 0 Å². The molecule has 1 aromatic heterocycles. The molecular formula is C17H17F2N3O3. The van der Waals surface area contributed by atoms with E-state index in [1.165, 1.54) is 13.1 Å². The van der Waals surface area contributed by atoms with E-state index in [-0.39, 0.29) is 43.0 Å². The molecule has 0 atom stereocenters. The summed E-state index contributed by atoms with van der Waals surface area (Å²) in [6, 6.07) is 6.26. The number of nitrogens with one attached hydrogen (secondary N) is 2. The van der Waals surface area contributed by atoms with Gasteiger partial charge in [-0.2, -0.15) is 0 Å². The number of carbonyl (C=O) groups excluding carboxylic acids is 2. The molecule has 25 heavy (non-hydrogen) atoms. The maximum Gasteiger partial charge on any atom is 0.224 e. The van der Waals surface area contributed by atoms with Crippen LogP contribution in [0.25, 0.3) is 0 Å². The summed E-state index contributed by atoms with van der Waals surface area (Å²) in [7, 11) is 0. The Kier molecular flexibility index (Phi) is 6.39. The highest BCUT2D eigenvalue weighted by Crippen LogP contribution is 2.25. The summed E-state index contributed by atoms with van der Waals surface area (Å²) >= 11 is 0. The first kappa shape index (κ1) is 18.3. The molecule has 0 bridgehead atoms. The van der Waals surface area contributed by atoms with Crippen LogP contribution in [0.5, 0.6) is 11.6 Å². The van der Waals surface area contributed by atoms with Crippen LogP contribution in [0.4, 0.5) is 8.78 Å². The van der Waals surface area contributed by atoms with Crippen LogP contribution in [0.3, 0.4) is 0 Å². The molecule has 2 rings (SSSR count). The van der Waals surface area contributed by atoms with Gasteiger partial charge in [-0.1, -0.05) is 6.07 Å². The standard InChI is InChI=1S/C17H17F2N3O3/c1-11(23)20-8-6-16(24)22-10-12-3-2-7-21-17(12)25-15-5-4-13(18)9-14(15)19/h2-5,7,9H,6,8,10H2,1H3,(H,20,23)(H,22,24). The van der Waals surface area contributed by atoms with Crippen molar-refractivity contribution in [3.05, 3.63) is 53.7 Å². The zero-order valence-electron chi connectivity index (χ0n) is 13.5. The summed E-state index contributed by atoms with van der Waals surface area (Å²) in [5.74, 6) is -2.10. The van der Waals surface area contributed by atoms with E-state index < -0.39 is 11.6 Å². The minimum Gasteiger partial charge on any atom is -0.436 e. The minimum atomic E-state index is -0.851. The Bertz CT molecular complexity index is 769. The van der Waals surface area contributed by atoms with Gasteiger partial charge in [-0.3, -0.25) is 9.59 Å². The van der Waals surface area contributed by atoms with Crippen LogP contribution in [-0.4, -0.2) is 23.3 Å². The largest absolute Gasteiger partial charge is 0.436 e. The predicted molar refractivity (Wildman–Crippen MR) is 85.8 cm³/mol. The molecule has 132 valence electrons. The third kappa shape index (κ3) is 5.83. The molecule has 0 spiro atoms. The minimum absolute atomic E-state index is 0.107. The van der Waals surface area contributed by atoms with E-state index in [0.29, 0.717) is 11.6 Å². The van der Waals surface area contributed by atoms with Gasteiger partial charge in [-0.05, 0) is 18.2 Å². The van der Waals surface area contributed by atoms with E-state index in [1.54, 1.807) is 12.1 Å². The molecule has 2 N–H and O–H groups in total. The number of hydrogen-bond donors (Lipinski definition) is 2. The lowest BCUT2D eigenvalue weighted by Crippen LogP contribution is -2.29. The number of rotatable bonds is 7. The van der Waals surface area contributed by atoms with Crippen LogP contribution in [0.15, 0.2) is 36.5 Å². The van der Waals surface area contributed by atoms with E-state index >= 15 is 0 Å². The number of halogens is 2. The first-order chi connectivity index (χ1) is 12.0. The Morgan fingerprint density at radius 2 is 2.00 bits per heavy atom. The van der Waals surface area contributed by atoms with Crippen molar-refractivity contribution in [3.63, 3.8) is 0 Å². The van der Waals surface area contributed by atoms with Gasteiger partial charge in [0.25, 0.3) is 0 Å². The molecule has 8 heteroatoms. The fourth-order valence-corrected chi connectivity index (χ4v) is 1.95. The molecule has 0 saturated heterocycles. The molecule has 1 aromatic carbocycles. The molecule has 0 fully saturated rings. The Morgan fingerprint density at radius 1 is 1.20 bits per heavy atom. The summed E-state index contributed by atoms with van der Waals surface area (Å²) in [5.41, 5.74) is 0.527. The van der Waals surface area contributed by atoms with Gasteiger partial charge in [-0.15, -0.1) is 0 Å². The van der Waals surface area contributed by atoms with Crippen LogP contribution >= 0.6 is 0 Å². The fourth-order valence-electron chi connectivity index (χ4n) is 1.95. The van der Waals surface area contributed by atoms with E-state index in [4.69, 9.17) is 4.74 Å². The van der Waals surface area contributed by atoms with Crippen molar-refractivity contribution in [2.45, 2.75) is 19.9 Å². The molecule has 0 radical (unpaired) electrons. The molecule has 0 aliphatic carbocycles. The monoisotopic (exact) mass is 349 g/mol. The van der Waals surface area contributed by atoms with Gasteiger partial charge in [0.05, 0.1) is 0 Å². The van der Waals surface area contributed by atoms with Crippen molar-refractivity contribution in [3.8, 4) is 11.6 Å². The SMILES string of the molecule is CC(=O)NCCC(=O)NCc1cccnc1Oc1ccc(F)cc1F. The van der Waals surface area contributed by atoms with Crippen LogP contribution < -0.4 is 15.4 Å². The summed E-state index contributed by atoms with van der Waals surface area (Å²) in [6.07, 6.45) is 1.58. The van der Waals surface area contributed by atoms with E-state index in [0.717, 1.165) is 12.1 Å². The van der Waals surface area contributed by atoms with Gasteiger partial charge < -0.3 is 15.4 Å². The number of hydrogen-bond acceptors (Lipinski definition) is 4. The molecule has 6 nitrogen and oxygen atoms in total. The van der Waals surface area contributed by atoms with Crippen molar-refractivity contribution in [1.82, 2.24) is 15.6 Å². The quantitative estimate of drug-likeness (QED) is 0.804. The normalized spacial score (nSPS) is 10.2. The number of aromatic nitrogens is 1. The Morgan fingerprint density at radius 3 is 2.72 bits per heavy atom. The molecule has 0 unspecified atom stereocenters. The van der Waals surface area contributed by atoms with Gasteiger partial charge in [0.1, 0.15) is 5.82 Å². The van der Waals surface area contributed by atoms with Crippen molar-refractivity contribution in [1.29, 1.82) is 0 Å². The van der Waals surface area contributed by atoms with Gasteiger partial charge in [0, 0.05) is 44.3 Å². The molecule has 0 saturated carbocycles. The zero-order valence-corrected chi connectivity index (χ0v) is 13.5. The van der Waals surface area contributed by atoms with Crippen molar-refractivity contribution < 1.29 is 23.1 Å². The van der Waals surface area contributed by atoms with E-state index in [9.17, 15) is 18.4 Å². The van der Waals surface area contributed by atoms with Gasteiger partial charge in [-0.25, -0.2) is 13.8 Å². The third-order valence-corrected chi connectivity index (χ3v) is 3.15. The summed E-state index contributed by atoms with van der Waals surface area (Å²) in [5, 5.41) is 5.18. The molecule has 2 aromatic rings. The predicted octanol–water partition coefficient (Wildman–Crippen LogP) is 2.29. The average molecular weight is 349 g/mol. The lowest BCUT2D eigenvalue weighted by atomic mass is 10.2. The smallest absolute Gasteiger partial charge is 0.224 e. The molecule has 0 aliphatic heterocycles. The van der Waals surface area contributed by atoms with Gasteiger partial charge >= 0.3 is 0 Å². The van der Waals surface area contributed by atoms with Crippen LogP contribution in [0.1, 0.15) is 18.9 Å². The second kappa shape index (κ2) is 8.72. The molecule has 1 heterocycles. The highest BCUT2D eigenvalue weighted by molar-refractivity contribution is 5.77. The van der Waals surface area contributed by atoms with Crippen molar-refractivity contribution in [2.75, 3.05) is 6.54 Å². The highest BCUT2D eigenvalue weighted by Gasteiger charge is 2.11. The van der Waals surface area contributed by atoms with Gasteiger partial charge in [0.2, 0.25) is 17.7 Å². The molecular weight excluding hydrogens is 332 g/mol. The maximum atomic E-state index is 13.7. The van der Waals surface area contributed by atoms with Crippen LogP contribution in [0.2, 0.25) is 0 Å². The van der Waals surface area contributed by atoms with E-state index in [2.05, 4.69) is 15.6 Å². The number of pyridine rings is 1. The lowest BCUT2D eigenvalue weighted by Gasteiger charge is -2.11. The molecule has 2 amide bonds. The third-order valence-electron chi connectivity index (χ3n) is 3.15. The number of amides is 2.